The van der Waals surface area contributed by atoms with Crippen molar-refractivity contribution < 1.29 is 9.18 Å². The Kier molecular flexibility index (Phi) is 4.65. The lowest BCUT2D eigenvalue weighted by Gasteiger charge is -2.03. The average Bonchev–Trinajstić information content (AvgIpc) is 2.63. The van der Waals surface area contributed by atoms with Crippen molar-refractivity contribution in [2.45, 2.75) is 0 Å². The number of carbonyl (C=O) groups is 1. The minimum absolute atomic E-state index is 0.0375. The molecule has 2 rings (SSSR count). The zero-order valence-corrected chi connectivity index (χ0v) is 14.8. The van der Waals surface area contributed by atoms with Gasteiger partial charge in [0.2, 0.25) is 5.78 Å². The van der Waals surface area contributed by atoms with E-state index < -0.39 is 11.6 Å². The number of ketones is 1. The highest BCUT2D eigenvalue weighted by Crippen LogP contribution is 2.34. The molecule has 0 saturated heterocycles. The molecule has 0 aliphatic carbocycles. The predicted molar refractivity (Wildman–Crippen MR) is 82.3 cm³/mol. The maximum Gasteiger partial charge on any atom is 0.206 e. The summed E-state index contributed by atoms with van der Waals surface area (Å²) in [7, 11) is 0. The first-order valence-corrected chi connectivity index (χ1v) is 8.11. The third-order valence-corrected chi connectivity index (χ3v) is 6.58. The minimum Gasteiger partial charge on any atom is -0.288 e. The fourth-order valence-electron chi connectivity index (χ4n) is 1.29. The Morgan fingerprint density at radius 3 is 2.39 bits per heavy atom. The van der Waals surface area contributed by atoms with Gasteiger partial charge in [-0.2, -0.15) is 0 Å². The number of hydrogen-bond acceptors (Lipinski definition) is 2. The third-order valence-electron chi connectivity index (χ3n) is 2.12. The molecule has 2 aromatic rings. The SMILES string of the molecule is O=C(c1cc(Br)c(Br)s1)c1cc(Cl)c(Br)cc1F. The monoisotopic (exact) mass is 474 g/mol. The number of rotatable bonds is 2. The Hall–Kier alpha value is 0.250. The van der Waals surface area contributed by atoms with Crippen LogP contribution < -0.4 is 0 Å². The molecule has 1 heterocycles. The van der Waals surface area contributed by atoms with E-state index in [1.165, 1.54) is 23.5 Å². The van der Waals surface area contributed by atoms with Gasteiger partial charge in [-0.1, -0.05) is 11.6 Å². The molecule has 18 heavy (non-hydrogen) atoms. The Bertz CT molecular complexity index is 622. The lowest BCUT2D eigenvalue weighted by molar-refractivity contribution is 0.103. The van der Waals surface area contributed by atoms with Crippen LogP contribution in [0.4, 0.5) is 4.39 Å². The topological polar surface area (TPSA) is 17.1 Å². The van der Waals surface area contributed by atoms with Crippen LogP contribution in [0.15, 0.2) is 30.9 Å². The van der Waals surface area contributed by atoms with E-state index in [2.05, 4.69) is 47.8 Å². The zero-order valence-electron chi connectivity index (χ0n) is 8.44. The number of hydrogen-bond donors (Lipinski definition) is 0. The summed E-state index contributed by atoms with van der Waals surface area (Å²) in [6.45, 7) is 0. The molecule has 7 heteroatoms. The number of thiophene rings is 1. The Balaban J connectivity index is 2.49. The third kappa shape index (κ3) is 2.88. The fourth-order valence-corrected chi connectivity index (χ4v) is 3.76. The van der Waals surface area contributed by atoms with E-state index in [1.54, 1.807) is 6.07 Å². The van der Waals surface area contributed by atoms with Gasteiger partial charge in [0.1, 0.15) is 5.82 Å². The summed E-state index contributed by atoms with van der Waals surface area (Å²) < 4.78 is 15.7. The molecule has 0 N–H and O–H groups in total. The van der Waals surface area contributed by atoms with E-state index >= 15 is 0 Å². The highest BCUT2D eigenvalue weighted by Gasteiger charge is 2.19. The van der Waals surface area contributed by atoms with Gasteiger partial charge in [0.25, 0.3) is 0 Å². The summed E-state index contributed by atoms with van der Waals surface area (Å²) in [4.78, 5) is 12.6. The Morgan fingerprint density at radius 1 is 1.17 bits per heavy atom. The zero-order chi connectivity index (χ0) is 13.4. The molecule has 0 aliphatic rings. The first kappa shape index (κ1) is 14.7. The average molecular weight is 477 g/mol. The van der Waals surface area contributed by atoms with Crippen LogP contribution in [0.1, 0.15) is 15.2 Å². The van der Waals surface area contributed by atoms with Crippen LogP contribution in [-0.4, -0.2) is 5.78 Å². The molecule has 0 bridgehead atoms. The Labute approximate surface area is 137 Å². The lowest BCUT2D eigenvalue weighted by Crippen LogP contribution is -2.02. The van der Waals surface area contributed by atoms with Crippen LogP contribution in [0.25, 0.3) is 0 Å². The summed E-state index contributed by atoms with van der Waals surface area (Å²) in [5, 5.41) is 0.300. The lowest BCUT2D eigenvalue weighted by atomic mass is 10.1. The van der Waals surface area contributed by atoms with Gasteiger partial charge in [-0.15, -0.1) is 11.3 Å². The second-order valence-electron chi connectivity index (χ2n) is 3.31. The van der Waals surface area contributed by atoms with Crippen molar-refractivity contribution in [1.29, 1.82) is 0 Å². The second kappa shape index (κ2) is 5.71. The number of benzene rings is 1. The van der Waals surface area contributed by atoms with Crippen molar-refractivity contribution in [3.05, 3.63) is 52.2 Å². The predicted octanol–water partition coefficient (Wildman–Crippen LogP) is 6.06. The van der Waals surface area contributed by atoms with Gasteiger partial charge >= 0.3 is 0 Å². The van der Waals surface area contributed by atoms with E-state index in [0.29, 0.717) is 14.4 Å². The van der Waals surface area contributed by atoms with Crippen LogP contribution in [0.3, 0.4) is 0 Å². The molecule has 94 valence electrons. The van der Waals surface area contributed by atoms with Gasteiger partial charge in [0.15, 0.2) is 0 Å². The van der Waals surface area contributed by atoms with Gasteiger partial charge < -0.3 is 0 Å². The molecule has 1 nitrogen and oxygen atoms in total. The maximum absolute atomic E-state index is 13.7. The molecule has 0 atom stereocenters. The van der Waals surface area contributed by atoms with E-state index in [-0.39, 0.29) is 5.56 Å². The smallest absolute Gasteiger partial charge is 0.206 e. The van der Waals surface area contributed by atoms with Crippen molar-refractivity contribution in [3.8, 4) is 0 Å². The molecule has 0 radical (unpaired) electrons. The first-order valence-electron chi connectivity index (χ1n) is 4.54. The largest absolute Gasteiger partial charge is 0.288 e. The molecular weight excluding hydrogens is 474 g/mol. The van der Waals surface area contributed by atoms with Crippen LogP contribution in [0, 0.1) is 5.82 Å². The van der Waals surface area contributed by atoms with Crippen molar-refractivity contribution in [2.24, 2.45) is 0 Å². The maximum atomic E-state index is 13.7. The van der Waals surface area contributed by atoms with Crippen LogP contribution >= 0.6 is 70.7 Å². The molecule has 0 spiro atoms. The number of carbonyl (C=O) groups excluding carboxylic acids is 1. The summed E-state index contributed by atoms with van der Waals surface area (Å²) >= 11 is 16.8. The summed E-state index contributed by atoms with van der Waals surface area (Å²) in [6, 6.07) is 4.16. The van der Waals surface area contributed by atoms with Crippen molar-refractivity contribution in [3.63, 3.8) is 0 Å². The van der Waals surface area contributed by atoms with Gasteiger partial charge in [-0.05, 0) is 66.0 Å². The van der Waals surface area contributed by atoms with Crippen LogP contribution in [0.2, 0.25) is 5.02 Å². The summed E-state index contributed by atoms with van der Waals surface area (Å²) in [6.07, 6.45) is 0. The highest BCUT2D eigenvalue weighted by atomic mass is 79.9. The van der Waals surface area contributed by atoms with Gasteiger partial charge in [-0.3, -0.25) is 4.79 Å². The Morgan fingerprint density at radius 2 is 1.83 bits per heavy atom. The molecular formula is C11H3Br3ClFOS. The molecule has 0 fully saturated rings. The summed E-state index contributed by atoms with van der Waals surface area (Å²) in [5.74, 6) is -0.991. The van der Waals surface area contributed by atoms with Gasteiger partial charge in [0.05, 0.1) is 19.2 Å². The normalized spacial score (nSPS) is 10.7. The molecule has 1 aromatic heterocycles. The van der Waals surface area contributed by atoms with E-state index in [4.69, 9.17) is 11.6 Å². The number of halogens is 5. The van der Waals surface area contributed by atoms with Gasteiger partial charge in [0, 0.05) is 8.95 Å². The van der Waals surface area contributed by atoms with E-state index in [0.717, 1.165) is 8.26 Å². The minimum atomic E-state index is -0.600. The fraction of sp³-hybridized carbons (Fsp3) is 0. The van der Waals surface area contributed by atoms with Crippen molar-refractivity contribution >= 4 is 76.5 Å². The van der Waals surface area contributed by atoms with Gasteiger partial charge in [-0.25, -0.2) is 4.39 Å². The second-order valence-corrected chi connectivity index (χ2v) is 7.79. The first-order chi connectivity index (χ1) is 8.40. The molecule has 0 amide bonds. The van der Waals surface area contributed by atoms with Crippen molar-refractivity contribution in [2.75, 3.05) is 0 Å². The highest BCUT2D eigenvalue weighted by molar-refractivity contribution is 9.13. The molecule has 0 unspecified atom stereocenters. The van der Waals surface area contributed by atoms with E-state index in [9.17, 15) is 9.18 Å². The molecule has 0 aliphatic heterocycles. The molecule has 1 aromatic carbocycles. The van der Waals surface area contributed by atoms with Crippen LogP contribution in [-0.2, 0) is 0 Å². The van der Waals surface area contributed by atoms with Crippen molar-refractivity contribution in [1.82, 2.24) is 0 Å². The van der Waals surface area contributed by atoms with E-state index in [1.807, 2.05) is 0 Å². The van der Waals surface area contributed by atoms with Crippen LogP contribution in [0.5, 0.6) is 0 Å². The standard InChI is InChI=1S/C11H3Br3ClFOS/c12-5-2-8(16)4(1-7(5)15)10(17)9-3-6(13)11(14)18-9/h1-3H. The summed E-state index contributed by atoms with van der Waals surface area (Å²) in [5.41, 5.74) is -0.0375. The molecule has 0 saturated carbocycles. The quantitative estimate of drug-likeness (QED) is 0.380.